The quantitative estimate of drug-likeness (QED) is 0.510. The van der Waals surface area contributed by atoms with Crippen LogP contribution in [0.4, 0.5) is 5.69 Å². The van der Waals surface area contributed by atoms with Crippen LogP contribution in [0.15, 0.2) is 48.9 Å². The number of ether oxygens (including phenoxy) is 1. The molecule has 0 aliphatic carbocycles. The second-order valence-electron chi connectivity index (χ2n) is 8.18. The Bertz CT molecular complexity index is 1150. The molecule has 33 heavy (non-hydrogen) atoms. The summed E-state index contributed by atoms with van der Waals surface area (Å²) < 4.78 is 7.67. The standard InChI is InChI=1S/C24H27N7O2/c1-30(2)23(32)16-31-15-20(12-29-31)19-9-22-24(28-11-19)33-21(14-27-22)13-26-8-7-17-3-5-18(10-25)6-4-17/h3-6,9,11-12,15,21,26-27H,7-8,13-14,16H2,1-2H3. The van der Waals surface area contributed by atoms with Crippen LogP contribution in [0.3, 0.4) is 0 Å². The molecular formula is C24H27N7O2. The summed E-state index contributed by atoms with van der Waals surface area (Å²) in [4.78, 5) is 17.9. The van der Waals surface area contributed by atoms with Crippen LogP contribution in [-0.2, 0) is 17.8 Å². The van der Waals surface area contributed by atoms with E-state index < -0.39 is 0 Å². The monoisotopic (exact) mass is 445 g/mol. The number of hydrogen-bond acceptors (Lipinski definition) is 7. The molecule has 2 N–H and O–H groups in total. The number of nitrogens with one attached hydrogen (secondary N) is 2. The van der Waals surface area contributed by atoms with Gasteiger partial charge in [0.25, 0.3) is 0 Å². The fourth-order valence-electron chi connectivity index (χ4n) is 3.49. The highest BCUT2D eigenvalue weighted by atomic mass is 16.5. The number of fused-ring (bicyclic) bond motifs is 1. The average molecular weight is 446 g/mol. The van der Waals surface area contributed by atoms with E-state index in [0.29, 0.717) is 24.5 Å². The molecule has 3 aromatic rings. The summed E-state index contributed by atoms with van der Waals surface area (Å²) in [5.74, 6) is 0.568. The predicted molar refractivity (Wildman–Crippen MR) is 125 cm³/mol. The van der Waals surface area contributed by atoms with Gasteiger partial charge in [0.05, 0.1) is 30.1 Å². The van der Waals surface area contributed by atoms with E-state index in [1.807, 2.05) is 36.5 Å². The lowest BCUT2D eigenvalue weighted by Crippen LogP contribution is -2.40. The molecule has 0 fully saturated rings. The molecule has 3 heterocycles. The van der Waals surface area contributed by atoms with Gasteiger partial charge >= 0.3 is 0 Å². The van der Waals surface area contributed by atoms with Gasteiger partial charge in [-0.1, -0.05) is 12.1 Å². The molecule has 0 bridgehead atoms. The van der Waals surface area contributed by atoms with Crippen molar-refractivity contribution >= 4 is 11.6 Å². The van der Waals surface area contributed by atoms with Gasteiger partial charge in [-0.15, -0.1) is 0 Å². The van der Waals surface area contributed by atoms with E-state index in [1.54, 1.807) is 36.1 Å². The fourth-order valence-corrected chi connectivity index (χ4v) is 3.49. The third-order valence-corrected chi connectivity index (χ3v) is 5.46. The molecule has 0 saturated heterocycles. The Kier molecular flexibility index (Phi) is 6.86. The number of nitrogens with zero attached hydrogens (tertiary/aromatic N) is 5. The Morgan fingerprint density at radius 2 is 2.12 bits per heavy atom. The lowest BCUT2D eigenvalue weighted by Gasteiger charge is -2.27. The summed E-state index contributed by atoms with van der Waals surface area (Å²) in [6.45, 7) is 2.41. The second-order valence-corrected chi connectivity index (χ2v) is 8.18. The summed E-state index contributed by atoms with van der Waals surface area (Å²) in [6, 6.07) is 11.8. The van der Waals surface area contributed by atoms with Gasteiger partial charge in [0, 0.05) is 44.2 Å². The molecule has 1 unspecified atom stereocenters. The van der Waals surface area contributed by atoms with Crippen molar-refractivity contribution in [3.8, 4) is 23.1 Å². The normalized spacial score (nSPS) is 14.5. The van der Waals surface area contributed by atoms with E-state index >= 15 is 0 Å². The van der Waals surface area contributed by atoms with Gasteiger partial charge < -0.3 is 20.3 Å². The van der Waals surface area contributed by atoms with Crippen LogP contribution < -0.4 is 15.4 Å². The zero-order valence-corrected chi connectivity index (χ0v) is 18.8. The Morgan fingerprint density at radius 1 is 1.30 bits per heavy atom. The van der Waals surface area contributed by atoms with E-state index in [9.17, 15) is 4.79 Å². The van der Waals surface area contributed by atoms with Crippen molar-refractivity contribution < 1.29 is 9.53 Å². The number of nitriles is 1. The molecule has 9 heteroatoms. The highest BCUT2D eigenvalue weighted by Gasteiger charge is 2.21. The Labute approximate surface area is 193 Å². The fraction of sp³-hybridized carbons (Fsp3) is 0.333. The molecular weight excluding hydrogens is 418 g/mol. The van der Waals surface area contributed by atoms with E-state index in [-0.39, 0.29) is 18.6 Å². The number of rotatable bonds is 8. The molecule has 1 aromatic carbocycles. The molecule has 0 saturated carbocycles. The highest BCUT2D eigenvalue weighted by molar-refractivity contribution is 5.75. The van der Waals surface area contributed by atoms with Gasteiger partial charge in [-0.2, -0.15) is 10.4 Å². The molecule has 2 aromatic heterocycles. The molecule has 0 radical (unpaired) electrons. The van der Waals surface area contributed by atoms with Gasteiger partial charge in [-0.05, 0) is 36.7 Å². The van der Waals surface area contributed by atoms with Crippen LogP contribution in [0.2, 0.25) is 0 Å². The zero-order chi connectivity index (χ0) is 23.2. The van der Waals surface area contributed by atoms with E-state index in [2.05, 4.69) is 26.8 Å². The summed E-state index contributed by atoms with van der Waals surface area (Å²) in [7, 11) is 3.45. The molecule has 4 rings (SSSR count). The van der Waals surface area contributed by atoms with Crippen molar-refractivity contribution in [2.24, 2.45) is 0 Å². The molecule has 1 atom stereocenters. The summed E-state index contributed by atoms with van der Waals surface area (Å²) in [5, 5.41) is 20.0. The summed E-state index contributed by atoms with van der Waals surface area (Å²) in [6.07, 6.45) is 6.21. The van der Waals surface area contributed by atoms with E-state index in [0.717, 1.165) is 29.8 Å². The first-order valence-corrected chi connectivity index (χ1v) is 10.8. The first kappa shape index (κ1) is 22.3. The largest absolute Gasteiger partial charge is 0.470 e. The van der Waals surface area contributed by atoms with Crippen molar-refractivity contribution in [1.82, 2.24) is 25.0 Å². The maximum atomic E-state index is 11.9. The van der Waals surface area contributed by atoms with Gasteiger partial charge in [-0.25, -0.2) is 4.98 Å². The third kappa shape index (κ3) is 5.67. The maximum absolute atomic E-state index is 11.9. The molecule has 1 aliphatic heterocycles. The smallest absolute Gasteiger partial charge is 0.243 e. The topological polar surface area (TPSA) is 108 Å². The average Bonchev–Trinajstić information content (AvgIpc) is 3.30. The van der Waals surface area contributed by atoms with Crippen molar-refractivity contribution in [2.45, 2.75) is 19.1 Å². The van der Waals surface area contributed by atoms with Crippen molar-refractivity contribution in [3.05, 3.63) is 60.0 Å². The van der Waals surface area contributed by atoms with Gasteiger partial charge in [0.15, 0.2) is 0 Å². The predicted octanol–water partition coefficient (Wildman–Crippen LogP) is 1.91. The first-order valence-electron chi connectivity index (χ1n) is 10.8. The second kappa shape index (κ2) is 10.1. The summed E-state index contributed by atoms with van der Waals surface area (Å²) >= 11 is 0. The number of pyridine rings is 1. The SMILES string of the molecule is CN(C)C(=O)Cn1cc(-c2cnc3c(c2)NCC(CNCCc2ccc(C#N)cc2)O3)cn1. The molecule has 9 nitrogen and oxygen atoms in total. The minimum absolute atomic E-state index is 0.0140. The van der Waals surface area contributed by atoms with Crippen LogP contribution >= 0.6 is 0 Å². The maximum Gasteiger partial charge on any atom is 0.243 e. The van der Waals surface area contributed by atoms with E-state index in [1.165, 1.54) is 5.56 Å². The van der Waals surface area contributed by atoms with Crippen molar-refractivity contribution in [3.63, 3.8) is 0 Å². The number of carbonyl (C=O) groups excluding carboxylic acids is 1. The van der Waals surface area contributed by atoms with E-state index in [4.69, 9.17) is 10.00 Å². The number of likely N-dealkylation sites (N-methyl/N-ethyl adjacent to an activating group) is 1. The number of hydrogen-bond donors (Lipinski definition) is 2. The van der Waals surface area contributed by atoms with Crippen molar-refractivity contribution in [1.29, 1.82) is 5.26 Å². The lowest BCUT2D eigenvalue weighted by molar-refractivity contribution is -0.129. The number of amides is 1. The Balaban J connectivity index is 1.28. The Hall–Kier alpha value is -3.90. The van der Waals surface area contributed by atoms with Crippen LogP contribution in [0.1, 0.15) is 11.1 Å². The summed E-state index contributed by atoms with van der Waals surface area (Å²) in [5.41, 5.74) is 4.52. The number of aromatic nitrogens is 3. The van der Waals surface area contributed by atoms with Crippen molar-refractivity contribution in [2.75, 3.05) is 39.0 Å². The first-order chi connectivity index (χ1) is 16.0. The third-order valence-electron chi connectivity index (χ3n) is 5.46. The minimum Gasteiger partial charge on any atom is -0.470 e. The number of carbonyl (C=O) groups is 1. The number of benzene rings is 1. The highest BCUT2D eigenvalue weighted by Crippen LogP contribution is 2.31. The van der Waals surface area contributed by atoms with Crippen LogP contribution in [0.5, 0.6) is 5.88 Å². The van der Waals surface area contributed by atoms with Crippen LogP contribution in [0.25, 0.3) is 11.1 Å². The Morgan fingerprint density at radius 3 is 2.88 bits per heavy atom. The van der Waals surface area contributed by atoms with Gasteiger partial charge in [-0.3, -0.25) is 9.48 Å². The molecule has 170 valence electrons. The number of anilines is 1. The molecule has 1 aliphatic rings. The zero-order valence-electron chi connectivity index (χ0n) is 18.8. The van der Waals surface area contributed by atoms with Crippen LogP contribution in [0, 0.1) is 11.3 Å². The molecule has 0 spiro atoms. The molecule has 1 amide bonds. The van der Waals surface area contributed by atoms with Gasteiger partial charge in [0.2, 0.25) is 11.8 Å². The lowest BCUT2D eigenvalue weighted by atomic mass is 10.1. The van der Waals surface area contributed by atoms with Crippen LogP contribution in [-0.4, -0.2) is 65.4 Å². The minimum atomic E-state index is -0.0170. The van der Waals surface area contributed by atoms with Gasteiger partial charge in [0.1, 0.15) is 12.6 Å².